The molecule has 0 aromatic carbocycles. The van der Waals surface area contributed by atoms with Gasteiger partial charge in [0.1, 0.15) is 0 Å². The first-order valence-corrected chi connectivity index (χ1v) is 5.99. The summed E-state index contributed by atoms with van der Waals surface area (Å²) in [7, 11) is -3.46. The molecule has 1 rings (SSSR count). The largest absolute Gasteiger partial charge is 0.381 e. The highest BCUT2D eigenvalue weighted by molar-refractivity contribution is 7.92. The second-order valence-corrected chi connectivity index (χ2v) is 5.76. The number of nitrogens with two attached hydrogens (primary N) is 1. The Hall–Kier alpha value is -1.37. The maximum atomic E-state index is 11.7. The first kappa shape index (κ1) is 11.7. The molecule has 1 heterocycles. The van der Waals surface area contributed by atoms with Crippen LogP contribution >= 0.6 is 0 Å². The molecule has 1 aromatic heterocycles. The van der Waals surface area contributed by atoms with Gasteiger partial charge < -0.3 is 5.73 Å². The van der Waals surface area contributed by atoms with Crippen LogP contribution in [0.2, 0.25) is 0 Å². The number of nitrogen functional groups attached to an aromatic ring is 1. The molecule has 0 amide bonds. The summed E-state index contributed by atoms with van der Waals surface area (Å²) in [5.41, 5.74) is 5.62. The number of sulfone groups is 1. The van der Waals surface area contributed by atoms with Crippen LogP contribution in [0.25, 0.3) is 0 Å². The maximum absolute atomic E-state index is 11.7. The summed E-state index contributed by atoms with van der Waals surface area (Å²) in [5, 5.41) is 6.51. The quantitative estimate of drug-likeness (QED) is 0.747. The Morgan fingerprint density at radius 2 is 2.20 bits per heavy atom. The highest BCUT2D eigenvalue weighted by Crippen LogP contribution is 2.19. The van der Waals surface area contributed by atoms with Gasteiger partial charge >= 0.3 is 0 Å². The minimum atomic E-state index is -3.46. The third-order valence-electron chi connectivity index (χ3n) is 1.93. The van der Waals surface area contributed by atoms with E-state index in [1.165, 1.54) is 4.68 Å². The number of allylic oxidation sites excluding steroid dienone is 1. The molecular weight excluding hydrogens is 216 g/mol. The Morgan fingerprint density at radius 3 is 2.67 bits per heavy atom. The Morgan fingerprint density at radius 1 is 1.60 bits per heavy atom. The minimum Gasteiger partial charge on any atom is -0.381 e. The van der Waals surface area contributed by atoms with Crippen LogP contribution in [0.3, 0.4) is 0 Å². The molecule has 0 atom stereocenters. The van der Waals surface area contributed by atoms with E-state index in [1.54, 1.807) is 19.9 Å². The van der Waals surface area contributed by atoms with Gasteiger partial charge in [-0.2, -0.15) is 0 Å². The van der Waals surface area contributed by atoms with Crippen molar-refractivity contribution in [2.45, 2.75) is 30.7 Å². The van der Waals surface area contributed by atoms with Gasteiger partial charge in [-0.05, 0) is 13.8 Å². The molecule has 0 aliphatic heterocycles. The molecular formula is C8H14N4O2S. The first-order valence-electron chi connectivity index (χ1n) is 4.45. The molecule has 6 nitrogen and oxygen atoms in total. The lowest BCUT2D eigenvalue weighted by atomic mass is 10.6. The zero-order valence-corrected chi connectivity index (χ0v) is 9.53. The van der Waals surface area contributed by atoms with Gasteiger partial charge in [0.05, 0.1) is 11.8 Å². The molecule has 0 saturated heterocycles. The molecule has 0 unspecified atom stereocenters. The van der Waals surface area contributed by atoms with Crippen LogP contribution in [-0.2, 0) is 16.4 Å². The van der Waals surface area contributed by atoms with Gasteiger partial charge in [-0.3, -0.25) is 0 Å². The van der Waals surface area contributed by atoms with Crippen molar-refractivity contribution in [2.24, 2.45) is 0 Å². The molecule has 0 aliphatic carbocycles. The van der Waals surface area contributed by atoms with Gasteiger partial charge in [-0.1, -0.05) is 11.3 Å². The Balaban J connectivity index is 3.23. The number of aromatic nitrogens is 3. The lowest BCUT2D eigenvalue weighted by Gasteiger charge is -2.04. The molecule has 15 heavy (non-hydrogen) atoms. The molecule has 0 radical (unpaired) electrons. The summed E-state index contributed by atoms with van der Waals surface area (Å²) in [6.45, 7) is 6.99. The summed E-state index contributed by atoms with van der Waals surface area (Å²) in [5.74, 6) is 0.0589. The summed E-state index contributed by atoms with van der Waals surface area (Å²) in [6, 6.07) is 0. The fourth-order valence-electron chi connectivity index (χ4n) is 0.987. The monoisotopic (exact) mass is 230 g/mol. The van der Waals surface area contributed by atoms with Crippen molar-refractivity contribution >= 4 is 15.7 Å². The molecule has 1 aromatic rings. The Bertz CT molecular complexity index is 461. The molecule has 0 aliphatic rings. The lowest BCUT2D eigenvalue weighted by molar-refractivity contribution is 0.583. The third-order valence-corrected chi connectivity index (χ3v) is 4.00. The summed E-state index contributed by atoms with van der Waals surface area (Å²) < 4.78 is 24.8. The van der Waals surface area contributed by atoms with Crippen molar-refractivity contribution in [3.05, 3.63) is 12.7 Å². The fourth-order valence-corrected chi connectivity index (χ4v) is 1.98. The van der Waals surface area contributed by atoms with Gasteiger partial charge in [-0.25, -0.2) is 13.1 Å². The molecule has 84 valence electrons. The molecule has 0 bridgehead atoms. The first-order chi connectivity index (χ1) is 6.91. The molecule has 0 saturated carbocycles. The van der Waals surface area contributed by atoms with Crippen molar-refractivity contribution < 1.29 is 8.42 Å². The molecule has 7 heteroatoms. The van der Waals surface area contributed by atoms with Gasteiger partial charge in [-0.15, -0.1) is 11.7 Å². The number of nitrogens with zero attached hydrogens (tertiary/aromatic N) is 3. The molecule has 0 spiro atoms. The van der Waals surface area contributed by atoms with Gasteiger partial charge in [0, 0.05) is 0 Å². The van der Waals surface area contributed by atoms with Crippen molar-refractivity contribution in [1.82, 2.24) is 15.0 Å². The van der Waals surface area contributed by atoms with Crippen molar-refractivity contribution in [1.29, 1.82) is 0 Å². The van der Waals surface area contributed by atoms with E-state index in [4.69, 9.17) is 5.73 Å². The minimum absolute atomic E-state index is 0.0589. The lowest BCUT2D eigenvalue weighted by Crippen LogP contribution is -2.16. The number of rotatable bonds is 4. The second kappa shape index (κ2) is 4.01. The Labute approximate surface area is 88.7 Å². The van der Waals surface area contributed by atoms with Crippen LogP contribution in [0, 0.1) is 0 Å². The highest BCUT2D eigenvalue weighted by Gasteiger charge is 2.26. The predicted molar refractivity (Wildman–Crippen MR) is 57.0 cm³/mol. The van der Waals surface area contributed by atoms with E-state index in [0.717, 1.165) is 0 Å². The normalized spacial score (nSPS) is 11.9. The van der Waals surface area contributed by atoms with E-state index in [0.29, 0.717) is 6.54 Å². The van der Waals surface area contributed by atoms with Crippen LogP contribution in [0.15, 0.2) is 17.7 Å². The van der Waals surface area contributed by atoms with Crippen LogP contribution in [0.1, 0.15) is 13.8 Å². The van der Waals surface area contributed by atoms with E-state index < -0.39 is 15.1 Å². The fraction of sp³-hybridized carbons (Fsp3) is 0.500. The Kier molecular flexibility index (Phi) is 3.13. The molecule has 2 N–H and O–H groups in total. The van der Waals surface area contributed by atoms with Gasteiger partial charge in [0.2, 0.25) is 14.9 Å². The van der Waals surface area contributed by atoms with Crippen LogP contribution in [-0.4, -0.2) is 28.7 Å². The van der Waals surface area contributed by atoms with E-state index in [1.807, 2.05) is 0 Å². The summed E-state index contributed by atoms with van der Waals surface area (Å²) in [6.07, 6.45) is 1.57. The zero-order chi connectivity index (χ0) is 11.6. The molecule has 0 fully saturated rings. The topological polar surface area (TPSA) is 90.9 Å². The number of hydrogen-bond donors (Lipinski definition) is 1. The van der Waals surface area contributed by atoms with Crippen molar-refractivity contribution in [3.63, 3.8) is 0 Å². The number of anilines is 1. The van der Waals surface area contributed by atoms with Crippen LogP contribution < -0.4 is 5.73 Å². The van der Waals surface area contributed by atoms with Crippen molar-refractivity contribution in [3.8, 4) is 0 Å². The third kappa shape index (κ3) is 2.01. The highest BCUT2D eigenvalue weighted by atomic mass is 32.2. The van der Waals surface area contributed by atoms with Crippen LogP contribution in [0.5, 0.6) is 0 Å². The van der Waals surface area contributed by atoms with E-state index in [-0.39, 0.29) is 10.8 Å². The maximum Gasteiger partial charge on any atom is 0.221 e. The van der Waals surface area contributed by atoms with Gasteiger partial charge in [0.25, 0.3) is 0 Å². The standard InChI is InChI=1S/C8H14N4O2S/c1-4-5-12-7(9)8(10-11-12)15(13,14)6(2)3/h4,6H,1,5,9H2,2-3H3. The van der Waals surface area contributed by atoms with Crippen LogP contribution in [0.4, 0.5) is 5.82 Å². The van der Waals surface area contributed by atoms with Gasteiger partial charge in [0.15, 0.2) is 5.82 Å². The predicted octanol–water partition coefficient (Wildman–Crippen LogP) is 0.228. The smallest absolute Gasteiger partial charge is 0.221 e. The van der Waals surface area contributed by atoms with E-state index in [2.05, 4.69) is 16.9 Å². The average molecular weight is 230 g/mol. The SMILES string of the molecule is C=CCn1nnc(S(=O)(=O)C(C)C)c1N. The number of hydrogen-bond acceptors (Lipinski definition) is 5. The van der Waals surface area contributed by atoms with Crippen molar-refractivity contribution in [2.75, 3.05) is 5.73 Å². The second-order valence-electron chi connectivity index (χ2n) is 3.34. The summed E-state index contributed by atoms with van der Waals surface area (Å²) in [4.78, 5) is 0. The summed E-state index contributed by atoms with van der Waals surface area (Å²) >= 11 is 0. The van der Waals surface area contributed by atoms with E-state index >= 15 is 0 Å². The average Bonchev–Trinajstić information content (AvgIpc) is 2.49. The zero-order valence-electron chi connectivity index (χ0n) is 8.71. The van der Waals surface area contributed by atoms with E-state index in [9.17, 15) is 8.42 Å².